The normalized spacial score (nSPS) is 16.5. The summed E-state index contributed by atoms with van der Waals surface area (Å²) >= 11 is 0. The lowest BCUT2D eigenvalue weighted by molar-refractivity contribution is -0.137. The van der Waals surface area contributed by atoms with E-state index in [1.54, 1.807) is 12.1 Å². The lowest BCUT2D eigenvalue weighted by Crippen LogP contribution is -2.54. The monoisotopic (exact) mass is 458 g/mol. The van der Waals surface area contributed by atoms with Gasteiger partial charge in [-0.1, -0.05) is 0 Å². The molecule has 0 aliphatic carbocycles. The Bertz CT molecular complexity index is 1230. The Morgan fingerprint density at radius 3 is 2.64 bits per heavy atom. The van der Waals surface area contributed by atoms with Crippen LogP contribution in [0.3, 0.4) is 0 Å². The maximum absolute atomic E-state index is 13.8. The van der Waals surface area contributed by atoms with E-state index in [-0.39, 0.29) is 23.9 Å². The minimum atomic E-state index is -4.65. The van der Waals surface area contributed by atoms with Crippen LogP contribution in [0.4, 0.5) is 17.6 Å². The van der Waals surface area contributed by atoms with Crippen molar-refractivity contribution in [3.05, 3.63) is 76.6 Å². The van der Waals surface area contributed by atoms with E-state index in [9.17, 15) is 22.4 Å². The molecular weight excluding hydrogens is 440 g/mol. The summed E-state index contributed by atoms with van der Waals surface area (Å²) in [5.41, 5.74) is 1.82. The number of hydrogen-bond acceptors (Lipinski definition) is 5. The van der Waals surface area contributed by atoms with E-state index in [0.717, 1.165) is 17.7 Å². The van der Waals surface area contributed by atoms with Crippen LogP contribution in [0.5, 0.6) is 0 Å². The second kappa shape index (κ2) is 8.18. The van der Waals surface area contributed by atoms with Gasteiger partial charge in [-0.25, -0.2) is 14.4 Å². The summed E-state index contributed by atoms with van der Waals surface area (Å²) in [4.78, 5) is 27.6. The van der Waals surface area contributed by atoms with Crippen molar-refractivity contribution >= 4 is 5.91 Å². The molecule has 0 bridgehead atoms. The first kappa shape index (κ1) is 21.4. The van der Waals surface area contributed by atoms with Gasteiger partial charge in [0.2, 0.25) is 0 Å². The molecule has 170 valence electrons. The van der Waals surface area contributed by atoms with Gasteiger partial charge in [0.15, 0.2) is 0 Å². The van der Waals surface area contributed by atoms with Crippen molar-refractivity contribution in [2.24, 2.45) is 0 Å². The van der Waals surface area contributed by atoms with Crippen LogP contribution in [0.1, 0.15) is 32.7 Å². The van der Waals surface area contributed by atoms with Gasteiger partial charge in [0, 0.05) is 30.4 Å². The minimum Gasteiger partial charge on any atom is -0.377 e. The second-order valence-corrected chi connectivity index (χ2v) is 8.04. The van der Waals surface area contributed by atoms with Crippen molar-refractivity contribution in [2.45, 2.75) is 25.1 Å². The Morgan fingerprint density at radius 2 is 1.91 bits per heavy atom. The van der Waals surface area contributed by atoms with Crippen molar-refractivity contribution in [2.75, 3.05) is 19.8 Å². The fourth-order valence-electron chi connectivity index (χ4n) is 4.16. The highest BCUT2D eigenvalue weighted by Crippen LogP contribution is 2.32. The van der Waals surface area contributed by atoms with Crippen LogP contribution in [0.15, 0.2) is 42.9 Å². The van der Waals surface area contributed by atoms with Gasteiger partial charge in [-0.3, -0.25) is 9.78 Å². The number of carbonyl (C=O) groups excluding carboxylic acids is 1. The third kappa shape index (κ3) is 4.18. The Labute approximate surface area is 186 Å². The van der Waals surface area contributed by atoms with Gasteiger partial charge >= 0.3 is 6.18 Å². The van der Waals surface area contributed by atoms with Gasteiger partial charge in [-0.05, 0) is 47.9 Å². The average molecular weight is 458 g/mol. The minimum absolute atomic E-state index is 0.0141. The fraction of sp³-hybridized carbons (Fsp3) is 0.304. The van der Waals surface area contributed by atoms with Crippen molar-refractivity contribution in [3.8, 4) is 11.4 Å². The van der Waals surface area contributed by atoms with Gasteiger partial charge in [0.05, 0.1) is 36.2 Å². The highest BCUT2D eigenvalue weighted by Gasteiger charge is 2.35. The van der Waals surface area contributed by atoms with Crippen molar-refractivity contribution in [1.29, 1.82) is 0 Å². The SMILES string of the molecule is O=C1c2ccnc(-c3cc(Cc4cc(F)cc(C(F)(F)F)c4)ncn3)c2CCN1C1COC1. The number of ether oxygens (including phenoxy) is 1. The largest absolute Gasteiger partial charge is 0.416 e. The number of carbonyl (C=O) groups is 1. The van der Waals surface area contributed by atoms with Gasteiger partial charge in [-0.15, -0.1) is 0 Å². The summed E-state index contributed by atoms with van der Waals surface area (Å²) in [6.45, 7) is 1.61. The van der Waals surface area contributed by atoms with E-state index in [2.05, 4.69) is 15.0 Å². The first-order valence-electron chi connectivity index (χ1n) is 10.3. The number of amides is 1. The van der Waals surface area contributed by atoms with Gasteiger partial charge < -0.3 is 9.64 Å². The van der Waals surface area contributed by atoms with Crippen LogP contribution in [0.2, 0.25) is 0 Å². The summed E-state index contributed by atoms with van der Waals surface area (Å²) in [5.74, 6) is -1.05. The molecule has 2 aliphatic rings. The number of fused-ring (bicyclic) bond motifs is 1. The Morgan fingerprint density at radius 1 is 1.09 bits per heavy atom. The van der Waals surface area contributed by atoms with E-state index in [1.807, 2.05) is 4.90 Å². The summed E-state index contributed by atoms with van der Waals surface area (Å²) in [7, 11) is 0. The van der Waals surface area contributed by atoms with Crippen LogP contribution in [0.25, 0.3) is 11.4 Å². The molecule has 0 N–H and O–H groups in total. The first-order chi connectivity index (χ1) is 15.8. The molecule has 0 unspecified atom stereocenters. The molecule has 0 radical (unpaired) electrons. The van der Waals surface area contributed by atoms with Crippen molar-refractivity contribution in [1.82, 2.24) is 19.9 Å². The van der Waals surface area contributed by atoms with E-state index in [0.29, 0.717) is 54.9 Å². The molecule has 2 aliphatic heterocycles. The van der Waals surface area contributed by atoms with Crippen LogP contribution in [0, 0.1) is 5.82 Å². The Kier molecular flexibility index (Phi) is 5.32. The third-order valence-corrected chi connectivity index (χ3v) is 5.85. The summed E-state index contributed by atoms with van der Waals surface area (Å²) in [5, 5.41) is 0. The number of benzene rings is 1. The quantitative estimate of drug-likeness (QED) is 0.558. The lowest BCUT2D eigenvalue weighted by Gasteiger charge is -2.40. The van der Waals surface area contributed by atoms with E-state index in [1.165, 1.54) is 12.5 Å². The highest BCUT2D eigenvalue weighted by molar-refractivity contribution is 5.98. The molecule has 4 heterocycles. The molecule has 1 amide bonds. The van der Waals surface area contributed by atoms with Crippen LogP contribution in [-0.2, 0) is 23.8 Å². The molecule has 1 saturated heterocycles. The zero-order chi connectivity index (χ0) is 23.2. The predicted octanol–water partition coefficient (Wildman–Crippen LogP) is 3.68. The van der Waals surface area contributed by atoms with Crippen molar-refractivity contribution in [3.63, 3.8) is 0 Å². The molecule has 2 aromatic heterocycles. The fourth-order valence-corrected chi connectivity index (χ4v) is 4.16. The van der Waals surface area contributed by atoms with E-state index in [4.69, 9.17) is 4.74 Å². The molecule has 3 aromatic rings. The Hall–Kier alpha value is -3.40. The molecule has 0 saturated carbocycles. The summed E-state index contributed by atoms with van der Waals surface area (Å²) in [6, 6.07) is 5.80. The molecule has 1 fully saturated rings. The predicted molar refractivity (Wildman–Crippen MR) is 109 cm³/mol. The van der Waals surface area contributed by atoms with Crippen LogP contribution >= 0.6 is 0 Å². The number of aromatic nitrogens is 3. The van der Waals surface area contributed by atoms with Crippen LogP contribution in [-0.4, -0.2) is 51.6 Å². The smallest absolute Gasteiger partial charge is 0.377 e. The molecule has 33 heavy (non-hydrogen) atoms. The zero-order valence-corrected chi connectivity index (χ0v) is 17.3. The molecule has 0 spiro atoms. The third-order valence-electron chi connectivity index (χ3n) is 5.85. The molecule has 1 aromatic carbocycles. The molecule has 6 nitrogen and oxygen atoms in total. The molecule has 5 rings (SSSR count). The van der Waals surface area contributed by atoms with Gasteiger partial charge in [-0.2, -0.15) is 13.2 Å². The second-order valence-electron chi connectivity index (χ2n) is 8.04. The maximum atomic E-state index is 13.8. The Balaban J connectivity index is 1.45. The van der Waals surface area contributed by atoms with E-state index < -0.39 is 17.6 Å². The van der Waals surface area contributed by atoms with Gasteiger partial charge in [0.1, 0.15) is 12.1 Å². The number of alkyl halides is 3. The number of halogens is 4. The standard InChI is InChI=1S/C23H18F4N4O2/c24-15-6-13(5-14(8-15)23(25,26)27)7-16-9-20(30-12-29-16)21-18-2-4-31(17-10-33-11-17)22(32)19(18)1-3-28-21/h1,3,5-6,8-9,12,17H,2,4,7,10-11H2. The molecular formula is C23H18F4N4O2. The highest BCUT2D eigenvalue weighted by atomic mass is 19.4. The number of nitrogens with zero attached hydrogens (tertiary/aromatic N) is 4. The average Bonchev–Trinajstić information content (AvgIpc) is 2.73. The van der Waals surface area contributed by atoms with E-state index >= 15 is 0 Å². The zero-order valence-electron chi connectivity index (χ0n) is 17.3. The van der Waals surface area contributed by atoms with Gasteiger partial charge in [0.25, 0.3) is 5.91 Å². The number of hydrogen-bond donors (Lipinski definition) is 0. The topological polar surface area (TPSA) is 68.2 Å². The number of rotatable bonds is 4. The summed E-state index contributed by atoms with van der Waals surface area (Å²) < 4.78 is 58.1. The number of pyridine rings is 1. The summed E-state index contributed by atoms with van der Waals surface area (Å²) in [6.07, 6.45) is -1.24. The first-order valence-corrected chi connectivity index (χ1v) is 10.3. The molecule has 0 atom stereocenters. The maximum Gasteiger partial charge on any atom is 0.416 e. The van der Waals surface area contributed by atoms with Crippen molar-refractivity contribution < 1.29 is 27.1 Å². The molecule has 10 heteroatoms. The lowest BCUT2D eigenvalue weighted by atomic mass is 9.94. The van der Waals surface area contributed by atoms with Crippen LogP contribution < -0.4 is 0 Å².